The Balaban J connectivity index is 2.24. The number of carbonyl (C=O) groups is 1. The fraction of sp³-hybridized carbons (Fsp3) is 0.500. The minimum Gasteiger partial charge on any atom is -0.325 e. The van der Waals surface area contributed by atoms with Gasteiger partial charge in [-0.1, -0.05) is 6.07 Å². The molecule has 1 heterocycles. The lowest BCUT2D eigenvalue weighted by Gasteiger charge is -2.16. The molecule has 0 radical (unpaired) electrons. The van der Waals surface area contributed by atoms with Gasteiger partial charge < -0.3 is 10.6 Å². The summed E-state index contributed by atoms with van der Waals surface area (Å²) in [6.07, 6.45) is 1.78. The lowest BCUT2D eigenvalue weighted by molar-refractivity contribution is -0.117. The molecule has 1 aromatic carbocycles. The summed E-state index contributed by atoms with van der Waals surface area (Å²) in [5, 5.41) is 5.89. The third-order valence-electron chi connectivity index (χ3n) is 3.59. The molecule has 6 nitrogen and oxygen atoms in total. The van der Waals surface area contributed by atoms with Crippen LogP contribution >= 0.6 is 0 Å². The van der Waals surface area contributed by atoms with Crippen LogP contribution in [0.25, 0.3) is 0 Å². The maximum atomic E-state index is 12.2. The van der Waals surface area contributed by atoms with Gasteiger partial charge in [-0.15, -0.1) is 0 Å². The van der Waals surface area contributed by atoms with Crippen molar-refractivity contribution in [3.8, 4) is 0 Å². The molecule has 7 heteroatoms. The Morgan fingerprint density at radius 2 is 2.10 bits per heavy atom. The first-order valence-corrected chi connectivity index (χ1v) is 8.34. The third-order valence-corrected chi connectivity index (χ3v) is 5.55. The Bertz CT molecular complexity index is 635. The van der Waals surface area contributed by atoms with Crippen LogP contribution in [0.4, 0.5) is 5.69 Å². The average molecular weight is 311 g/mol. The van der Waals surface area contributed by atoms with Gasteiger partial charge in [-0.05, 0) is 44.0 Å². The largest absolute Gasteiger partial charge is 0.325 e. The zero-order chi connectivity index (χ0) is 15.6. The molecular formula is C14H21N3O3S. The molecule has 0 aromatic heterocycles. The zero-order valence-electron chi connectivity index (χ0n) is 12.5. The number of hydrogen-bond acceptors (Lipinski definition) is 4. The first-order valence-electron chi connectivity index (χ1n) is 6.90. The van der Waals surface area contributed by atoms with Gasteiger partial charge in [-0.3, -0.25) is 4.79 Å². The SMILES string of the molecule is Cc1ccc(NC(=O)C2CCCN2)cc1S(=O)(=O)N(C)C. The van der Waals surface area contributed by atoms with E-state index in [1.54, 1.807) is 19.1 Å². The molecular weight excluding hydrogens is 290 g/mol. The molecule has 116 valence electrons. The molecule has 1 unspecified atom stereocenters. The normalized spacial score (nSPS) is 19.0. The number of carbonyl (C=O) groups excluding carboxylic acids is 1. The fourth-order valence-corrected chi connectivity index (χ4v) is 3.43. The molecule has 2 rings (SSSR count). The monoisotopic (exact) mass is 311 g/mol. The summed E-state index contributed by atoms with van der Waals surface area (Å²) < 4.78 is 25.7. The molecule has 1 amide bonds. The van der Waals surface area contributed by atoms with E-state index >= 15 is 0 Å². The molecule has 2 N–H and O–H groups in total. The number of rotatable bonds is 4. The molecule has 1 saturated heterocycles. The highest BCUT2D eigenvalue weighted by atomic mass is 32.2. The molecule has 0 saturated carbocycles. The summed E-state index contributed by atoms with van der Waals surface area (Å²) in [6.45, 7) is 2.58. The van der Waals surface area contributed by atoms with E-state index in [2.05, 4.69) is 10.6 Å². The van der Waals surface area contributed by atoms with Crippen molar-refractivity contribution in [1.82, 2.24) is 9.62 Å². The van der Waals surface area contributed by atoms with Gasteiger partial charge in [0.25, 0.3) is 0 Å². The first kappa shape index (κ1) is 15.9. The summed E-state index contributed by atoms with van der Waals surface area (Å²) in [4.78, 5) is 12.3. The number of anilines is 1. The van der Waals surface area contributed by atoms with Gasteiger partial charge in [0, 0.05) is 19.8 Å². The van der Waals surface area contributed by atoms with Crippen LogP contribution in [-0.4, -0.2) is 45.3 Å². The second kappa shape index (κ2) is 6.13. The first-order chi connectivity index (χ1) is 9.82. The van der Waals surface area contributed by atoms with Crippen LogP contribution in [-0.2, 0) is 14.8 Å². The van der Waals surface area contributed by atoms with Crippen molar-refractivity contribution < 1.29 is 13.2 Å². The predicted molar refractivity (Wildman–Crippen MR) is 81.7 cm³/mol. The van der Waals surface area contributed by atoms with Crippen molar-refractivity contribution in [3.63, 3.8) is 0 Å². The quantitative estimate of drug-likeness (QED) is 0.867. The number of nitrogens with zero attached hydrogens (tertiary/aromatic N) is 1. The lowest BCUT2D eigenvalue weighted by Crippen LogP contribution is -2.35. The van der Waals surface area contributed by atoms with Gasteiger partial charge in [0.2, 0.25) is 15.9 Å². The lowest BCUT2D eigenvalue weighted by atomic mass is 10.2. The number of aryl methyl sites for hydroxylation is 1. The molecule has 1 atom stereocenters. The van der Waals surface area contributed by atoms with Crippen LogP contribution in [0.3, 0.4) is 0 Å². The number of sulfonamides is 1. The Morgan fingerprint density at radius 1 is 1.38 bits per heavy atom. The van der Waals surface area contributed by atoms with Gasteiger partial charge in [0.05, 0.1) is 10.9 Å². The molecule has 1 aromatic rings. The van der Waals surface area contributed by atoms with Crippen LogP contribution < -0.4 is 10.6 Å². The highest BCUT2D eigenvalue weighted by molar-refractivity contribution is 7.89. The summed E-state index contributed by atoms with van der Waals surface area (Å²) >= 11 is 0. The topological polar surface area (TPSA) is 78.5 Å². The maximum Gasteiger partial charge on any atom is 0.242 e. The van der Waals surface area contributed by atoms with Crippen molar-refractivity contribution in [2.75, 3.05) is 26.0 Å². The maximum absolute atomic E-state index is 12.2. The van der Waals surface area contributed by atoms with Gasteiger partial charge in [0.15, 0.2) is 0 Å². The van der Waals surface area contributed by atoms with E-state index in [9.17, 15) is 13.2 Å². The van der Waals surface area contributed by atoms with Crippen molar-refractivity contribution >= 4 is 21.6 Å². The average Bonchev–Trinajstić information content (AvgIpc) is 2.94. The second-order valence-electron chi connectivity index (χ2n) is 5.41. The van der Waals surface area contributed by atoms with E-state index < -0.39 is 10.0 Å². The van der Waals surface area contributed by atoms with Crippen molar-refractivity contribution in [2.45, 2.75) is 30.7 Å². The van der Waals surface area contributed by atoms with Crippen molar-refractivity contribution in [3.05, 3.63) is 23.8 Å². The molecule has 1 aliphatic heterocycles. The molecule has 0 bridgehead atoms. The number of benzene rings is 1. The van der Waals surface area contributed by atoms with Gasteiger partial charge >= 0.3 is 0 Å². The van der Waals surface area contributed by atoms with Crippen LogP contribution in [0.1, 0.15) is 18.4 Å². The van der Waals surface area contributed by atoms with E-state index in [-0.39, 0.29) is 16.8 Å². The van der Waals surface area contributed by atoms with Crippen LogP contribution in [0, 0.1) is 6.92 Å². The van der Waals surface area contributed by atoms with Crippen LogP contribution in [0.5, 0.6) is 0 Å². The van der Waals surface area contributed by atoms with Crippen molar-refractivity contribution in [2.24, 2.45) is 0 Å². The molecule has 1 aliphatic rings. The fourth-order valence-electron chi connectivity index (χ4n) is 2.29. The van der Waals surface area contributed by atoms with Crippen LogP contribution in [0.15, 0.2) is 23.1 Å². The zero-order valence-corrected chi connectivity index (χ0v) is 13.3. The highest BCUT2D eigenvalue weighted by Crippen LogP contribution is 2.22. The Morgan fingerprint density at radius 3 is 2.67 bits per heavy atom. The summed E-state index contributed by atoms with van der Waals surface area (Å²) in [5.74, 6) is -0.121. The van der Waals surface area contributed by atoms with E-state index in [0.29, 0.717) is 11.3 Å². The Labute approximate surface area is 125 Å². The predicted octanol–water partition coefficient (Wildman–Crippen LogP) is 0.936. The second-order valence-corrected chi connectivity index (χ2v) is 7.53. The summed E-state index contributed by atoms with van der Waals surface area (Å²) in [6, 6.07) is 4.74. The minimum absolute atomic E-state index is 0.121. The van der Waals surface area contributed by atoms with E-state index in [0.717, 1.165) is 19.4 Å². The Hall–Kier alpha value is -1.44. The molecule has 1 fully saturated rings. The van der Waals surface area contributed by atoms with Gasteiger partial charge in [-0.2, -0.15) is 0 Å². The van der Waals surface area contributed by atoms with E-state index in [1.165, 1.54) is 24.5 Å². The molecule has 21 heavy (non-hydrogen) atoms. The van der Waals surface area contributed by atoms with Crippen LogP contribution in [0.2, 0.25) is 0 Å². The van der Waals surface area contributed by atoms with Gasteiger partial charge in [-0.25, -0.2) is 12.7 Å². The number of amides is 1. The third kappa shape index (κ3) is 3.42. The summed E-state index contributed by atoms with van der Waals surface area (Å²) in [5.41, 5.74) is 1.15. The minimum atomic E-state index is -3.52. The van der Waals surface area contributed by atoms with Crippen molar-refractivity contribution in [1.29, 1.82) is 0 Å². The summed E-state index contributed by atoms with van der Waals surface area (Å²) in [7, 11) is -0.541. The number of nitrogens with one attached hydrogen (secondary N) is 2. The van der Waals surface area contributed by atoms with E-state index in [1.807, 2.05) is 0 Å². The smallest absolute Gasteiger partial charge is 0.242 e. The standard InChI is InChI=1S/C14H21N3O3S/c1-10-6-7-11(9-13(10)21(19,20)17(2)3)16-14(18)12-5-4-8-15-12/h6-7,9,12,15H,4-5,8H2,1-3H3,(H,16,18). The highest BCUT2D eigenvalue weighted by Gasteiger charge is 2.23. The Kier molecular flexibility index (Phi) is 4.65. The number of hydrogen-bond donors (Lipinski definition) is 2. The van der Waals surface area contributed by atoms with Gasteiger partial charge in [0.1, 0.15) is 0 Å². The molecule has 0 spiro atoms. The van der Waals surface area contributed by atoms with E-state index in [4.69, 9.17) is 0 Å². The molecule has 0 aliphatic carbocycles.